The van der Waals surface area contributed by atoms with E-state index in [0.29, 0.717) is 12.1 Å². The van der Waals surface area contributed by atoms with E-state index in [1.54, 1.807) is 0 Å². The van der Waals surface area contributed by atoms with Gasteiger partial charge in [0.1, 0.15) is 11.6 Å². The molecule has 100 valence electrons. The lowest BCUT2D eigenvalue weighted by Crippen LogP contribution is -2.08. The first kappa shape index (κ1) is 16.0. The molecule has 0 aliphatic heterocycles. The minimum atomic E-state index is -1.14. The van der Waals surface area contributed by atoms with Crippen molar-refractivity contribution in [1.82, 2.24) is 0 Å². The maximum Gasteiger partial charge on any atom is 0.310 e. The Morgan fingerprint density at radius 1 is 1.33 bits per heavy atom. The first-order valence-corrected chi connectivity index (χ1v) is 5.15. The summed E-state index contributed by atoms with van der Waals surface area (Å²) in [5, 5.41) is 10.3. The number of methoxy groups -OCH3 is 1. The maximum atomic E-state index is 13.2. The molecule has 1 aromatic carbocycles. The molecule has 0 saturated carbocycles. The number of hydrogen-bond donors (Lipinski definition) is 0. The van der Waals surface area contributed by atoms with Crippen LogP contribution in [0.15, 0.2) is 12.1 Å². The van der Waals surface area contributed by atoms with E-state index in [1.165, 1.54) is 0 Å². The zero-order chi connectivity index (χ0) is 14.3. The second-order valence-electron chi connectivity index (χ2n) is 2.90. The minimum Gasteiger partial charge on any atom is -0.469 e. The molecule has 5 nitrogen and oxygen atoms in total. The van der Waals surface area contributed by atoms with E-state index in [0.717, 1.165) is 7.11 Å². The van der Waals surface area contributed by atoms with E-state index in [2.05, 4.69) is 4.74 Å². The van der Waals surface area contributed by atoms with Gasteiger partial charge in [0.25, 0.3) is 5.69 Å². The Balaban J connectivity index is 0.00000137. The summed E-state index contributed by atoms with van der Waals surface area (Å²) in [5.74, 6) is -3.11. The predicted octanol–water partition coefficient (Wildman–Crippen LogP) is 2.61. The summed E-state index contributed by atoms with van der Waals surface area (Å²) in [7, 11) is 1.07. The highest BCUT2D eigenvalue weighted by atomic mass is 19.1. The van der Waals surface area contributed by atoms with Crippen molar-refractivity contribution in [3.05, 3.63) is 39.4 Å². The fourth-order valence-corrected chi connectivity index (χ4v) is 1.08. The molecule has 18 heavy (non-hydrogen) atoms. The summed E-state index contributed by atoms with van der Waals surface area (Å²) in [5.41, 5.74) is -1.25. The lowest BCUT2D eigenvalue weighted by molar-refractivity contribution is -0.385. The monoisotopic (exact) mass is 261 g/mol. The van der Waals surface area contributed by atoms with Gasteiger partial charge in [0.05, 0.1) is 30.6 Å². The standard InChI is InChI=1S/C9H7F2NO4.C2H6/c1-16-9(13)4-6-7(10)2-5(12(14)15)3-8(6)11;1-2/h2-3H,4H2,1H3;1-2H3. The predicted molar refractivity (Wildman–Crippen MR) is 60.1 cm³/mol. The summed E-state index contributed by atoms with van der Waals surface area (Å²) in [6.45, 7) is 4.00. The molecule has 1 rings (SSSR count). The molecule has 0 atom stereocenters. The van der Waals surface area contributed by atoms with E-state index in [4.69, 9.17) is 0 Å². The van der Waals surface area contributed by atoms with Gasteiger partial charge in [-0.1, -0.05) is 13.8 Å². The molecule has 0 aliphatic rings. The van der Waals surface area contributed by atoms with Gasteiger partial charge >= 0.3 is 5.97 Å². The SMILES string of the molecule is CC.COC(=O)Cc1c(F)cc([N+](=O)[O-])cc1F. The quantitative estimate of drug-likeness (QED) is 0.476. The van der Waals surface area contributed by atoms with Gasteiger partial charge in [0.15, 0.2) is 0 Å². The molecule has 0 radical (unpaired) electrons. The van der Waals surface area contributed by atoms with Gasteiger partial charge in [0, 0.05) is 5.56 Å². The molecule has 0 aliphatic carbocycles. The van der Waals surface area contributed by atoms with Crippen molar-refractivity contribution in [1.29, 1.82) is 0 Å². The molecule has 7 heteroatoms. The minimum absolute atomic E-state index is 0.544. The van der Waals surface area contributed by atoms with E-state index in [-0.39, 0.29) is 0 Å². The lowest BCUT2D eigenvalue weighted by Gasteiger charge is -2.03. The van der Waals surface area contributed by atoms with Crippen LogP contribution >= 0.6 is 0 Å². The normalized spacial score (nSPS) is 9.17. The molecular weight excluding hydrogens is 248 g/mol. The number of nitrogens with zero attached hydrogens (tertiary/aromatic N) is 1. The highest BCUT2D eigenvalue weighted by Crippen LogP contribution is 2.21. The van der Waals surface area contributed by atoms with E-state index >= 15 is 0 Å². The Kier molecular flexibility index (Phi) is 6.48. The van der Waals surface area contributed by atoms with Crippen LogP contribution in [0.4, 0.5) is 14.5 Å². The number of nitro benzene ring substituents is 1. The number of benzene rings is 1. The smallest absolute Gasteiger partial charge is 0.310 e. The van der Waals surface area contributed by atoms with Crippen LogP contribution in [0.2, 0.25) is 0 Å². The Bertz CT molecular complexity index is 426. The third kappa shape index (κ3) is 4.08. The highest BCUT2D eigenvalue weighted by Gasteiger charge is 2.19. The number of rotatable bonds is 3. The number of halogens is 2. The number of carbonyl (C=O) groups is 1. The van der Waals surface area contributed by atoms with Crippen molar-refractivity contribution in [3.8, 4) is 0 Å². The first-order valence-electron chi connectivity index (χ1n) is 5.15. The van der Waals surface area contributed by atoms with E-state index < -0.39 is 40.2 Å². The van der Waals surface area contributed by atoms with Gasteiger partial charge in [0.2, 0.25) is 0 Å². The Morgan fingerprint density at radius 3 is 2.11 bits per heavy atom. The van der Waals surface area contributed by atoms with Crippen LogP contribution in [0, 0.1) is 21.7 Å². The Labute approximate surface area is 103 Å². The second kappa shape index (κ2) is 7.31. The molecule has 0 fully saturated rings. The Hall–Kier alpha value is -2.05. The van der Waals surface area contributed by atoms with Crippen LogP contribution in [0.1, 0.15) is 19.4 Å². The Morgan fingerprint density at radius 2 is 1.78 bits per heavy atom. The summed E-state index contributed by atoms with van der Waals surface area (Å²) in [6.07, 6.45) is -0.605. The van der Waals surface area contributed by atoms with Gasteiger partial charge in [-0.25, -0.2) is 8.78 Å². The fourth-order valence-electron chi connectivity index (χ4n) is 1.08. The first-order chi connectivity index (χ1) is 8.45. The van der Waals surface area contributed by atoms with Crippen LogP contribution < -0.4 is 0 Å². The average molecular weight is 261 g/mol. The van der Waals surface area contributed by atoms with Crippen LogP contribution in [-0.2, 0) is 16.0 Å². The molecule has 0 unspecified atom stereocenters. The summed E-state index contributed by atoms with van der Waals surface area (Å²) in [6, 6.07) is 1.11. The number of esters is 1. The number of ether oxygens (including phenoxy) is 1. The number of carbonyl (C=O) groups excluding carboxylic acids is 1. The molecule has 0 heterocycles. The van der Waals surface area contributed by atoms with Crippen LogP contribution in [-0.4, -0.2) is 18.0 Å². The van der Waals surface area contributed by atoms with Gasteiger partial charge in [-0.2, -0.15) is 0 Å². The third-order valence-corrected chi connectivity index (χ3v) is 1.89. The van der Waals surface area contributed by atoms with Crippen LogP contribution in [0.3, 0.4) is 0 Å². The molecule has 0 saturated heterocycles. The summed E-state index contributed by atoms with van der Waals surface area (Å²) in [4.78, 5) is 20.2. The van der Waals surface area contributed by atoms with Gasteiger partial charge in [-0.05, 0) is 0 Å². The summed E-state index contributed by atoms with van der Waals surface area (Å²) >= 11 is 0. The topological polar surface area (TPSA) is 69.4 Å². The largest absolute Gasteiger partial charge is 0.469 e. The third-order valence-electron chi connectivity index (χ3n) is 1.89. The summed E-state index contributed by atoms with van der Waals surface area (Å²) < 4.78 is 30.7. The zero-order valence-corrected chi connectivity index (χ0v) is 10.2. The van der Waals surface area contributed by atoms with Gasteiger partial charge < -0.3 is 4.74 Å². The van der Waals surface area contributed by atoms with E-state index in [1.807, 2.05) is 13.8 Å². The van der Waals surface area contributed by atoms with E-state index in [9.17, 15) is 23.7 Å². The highest BCUT2D eigenvalue weighted by molar-refractivity contribution is 5.72. The lowest BCUT2D eigenvalue weighted by atomic mass is 10.1. The molecule has 1 aromatic rings. The molecule has 0 aromatic heterocycles. The van der Waals surface area contributed by atoms with Crippen molar-refractivity contribution in [2.45, 2.75) is 20.3 Å². The maximum absolute atomic E-state index is 13.2. The molecule has 0 spiro atoms. The van der Waals surface area contributed by atoms with Crippen LogP contribution in [0.5, 0.6) is 0 Å². The van der Waals surface area contributed by atoms with Crippen molar-refractivity contribution < 1.29 is 23.2 Å². The van der Waals surface area contributed by atoms with Crippen molar-refractivity contribution >= 4 is 11.7 Å². The molecule has 0 amide bonds. The number of nitro groups is 1. The molecular formula is C11H13F2NO4. The van der Waals surface area contributed by atoms with Crippen molar-refractivity contribution in [3.63, 3.8) is 0 Å². The van der Waals surface area contributed by atoms with Gasteiger partial charge in [-0.15, -0.1) is 0 Å². The molecule has 0 bridgehead atoms. The number of non-ortho nitro benzene ring substituents is 1. The fraction of sp³-hybridized carbons (Fsp3) is 0.364. The van der Waals surface area contributed by atoms with Crippen molar-refractivity contribution in [2.24, 2.45) is 0 Å². The van der Waals surface area contributed by atoms with Crippen LogP contribution in [0.25, 0.3) is 0 Å². The molecule has 0 N–H and O–H groups in total. The second-order valence-corrected chi connectivity index (χ2v) is 2.90. The zero-order valence-electron chi connectivity index (χ0n) is 10.2. The average Bonchev–Trinajstić information content (AvgIpc) is 2.35. The van der Waals surface area contributed by atoms with Crippen molar-refractivity contribution in [2.75, 3.05) is 7.11 Å². The number of hydrogen-bond acceptors (Lipinski definition) is 4. The van der Waals surface area contributed by atoms with Gasteiger partial charge in [-0.3, -0.25) is 14.9 Å².